The number of carboxylic acid groups (broad SMARTS) is 1. The van der Waals surface area contributed by atoms with Gasteiger partial charge in [-0.1, -0.05) is 0 Å². The maximum absolute atomic E-state index is 12.8. The topological polar surface area (TPSA) is 69.6 Å². The summed E-state index contributed by atoms with van der Waals surface area (Å²) in [6.07, 6.45) is 1.74. The van der Waals surface area contributed by atoms with Crippen LogP contribution in [0.25, 0.3) is 0 Å². The van der Waals surface area contributed by atoms with E-state index in [0.29, 0.717) is 12.1 Å². The molecule has 22 heavy (non-hydrogen) atoms. The lowest BCUT2D eigenvalue weighted by atomic mass is 10.0. The van der Waals surface area contributed by atoms with Crippen LogP contribution in [0.4, 0.5) is 4.39 Å². The van der Waals surface area contributed by atoms with Crippen molar-refractivity contribution in [3.05, 3.63) is 35.6 Å². The van der Waals surface area contributed by atoms with Crippen molar-refractivity contribution < 1.29 is 19.1 Å². The second-order valence-corrected chi connectivity index (χ2v) is 5.24. The highest BCUT2D eigenvalue weighted by Gasteiger charge is 2.21. The molecule has 0 atom stereocenters. The molecule has 1 aliphatic heterocycles. The van der Waals surface area contributed by atoms with Crippen LogP contribution in [0.5, 0.6) is 0 Å². The summed E-state index contributed by atoms with van der Waals surface area (Å²) in [6, 6.07) is 5.55. The van der Waals surface area contributed by atoms with Crippen molar-refractivity contribution in [1.29, 1.82) is 0 Å². The third-order valence-corrected chi connectivity index (χ3v) is 3.67. The van der Waals surface area contributed by atoms with Crippen LogP contribution in [-0.4, -0.2) is 47.6 Å². The highest BCUT2D eigenvalue weighted by Crippen LogP contribution is 2.12. The van der Waals surface area contributed by atoms with E-state index in [0.717, 1.165) is 25.9 Å². The molecular weight excluding hydrogens is 311 g/mol. The fraction of sp³-hybridized carbons (Fsp3) is 0.467. The Labute approximate surface area is 134 Å². The number of carbonyl (C=O) groups excluding carboxylic acids is 1. The SMILES string of the molecule is Cl.O=C(O)CCN1CCC(NC(=O)c2ccc(F)cc2)CC1. The molecule has 1 aliphatic rings. The van der Waals surface area contributed by atoms with Gasteiger partial charge >= 0.3 is 5.97 Å². The first kappa shape index (κ1) is 18.4. The van der Waals surface area contributed by atoms with Crippen molar-refractivity contribution in [2.24, 2.45) is 0 Å². The van der Waals surface area contributed by atoms with Crippen LogP contribution in [0.3, 0.4) is 0 Å². The molecule has 0 aromatic heterocycles. The van der Waals surface area contributed by atoms with Gasteiger partial charge in [-0.25, -0.2) is 4.39 Å². The van der Waals surface area contributed by atoms with Crippen LogP contribution >= 0.6 is 12.4 Å². The van der Waals surface area contributed by atoms with E-state index in [2.05, 4.69) is 10.2 Å². The lowest BCUT2D eigenvalue weighted by molar-refractivity contribution is -0.137. The van der Waals surface area contributed by atoms with Crippen LogP contribution in [0, 0.1) is 5.82 Å². The molecule has 0 unspecified atom stereocenters. The van der Waals surface area contributed by atoms with Gasteiger partial charge in [0.25, 0.3) is 5.91 Å². The molecule has 1 saturated heterocycles. The van der Waals surface area contributed by atoms with Gasteiger partial charge in [0.15, 0.2) is 0 Å². The van der Waals surface area contributed by atoms with Crippen LogP contribution in [0.1, 0.15) is 29.6 Å². The summed E-state index contributed by atoms with van der Waals surface area (Å²) >= 11 is 0. The van der Waals surface area contributed by atoms with Crippen LogP contribution < -0.4 is 5.32 Å². The van der Waals surface area contributed by atoms with Gasteiger partial charge in [0.05, 0.1) is 6.42 Å². The Balaban J connectivity index is 0.00000242. The number of likely N-dealkylation sites (tertiary alicyclic amines) is 1. The first-order valence-corrected chi connectivity index (χ1v) is 7.05. The van der Waals surface area contributed by atoms with Crippen molar-refractivity contribution >= 4 is 24.3 Å². The number of benzene rings is 1. The normalized spacial score (nSPS) is 15.9. The monoisotopic (exact) mass is 330 g/mol. The third kappa shape index (κ3) is 5.61. The molecule has 1 aromatic rings. The summed E-state index contributed by atoms with van der Waals surface area (Å²) in [5.41, 5.74) is 0.449. The molecular formula is C15H20ClFN2O3. The smallest absolute Gasteiger partial charge is 0.304 e. The average molecular weight is 331 g/mol. The molecule has 0 radical (unpaired) electrons. The number of nitrogens with zero attached hydrogens (tertiary/aromatic N) is 1. The van der Waals surface area contributed by atoms with E-state index in [9.17, 15) is 14.0 Å². The van der Waals surface area contributed by atoms with Gasteiger partial charge in [0.1, 0.15) is 5.82 Å². The first-order chi connectivity index (χ1) is 10.0. The molecule has 1 amide bonds. The summed E-state index contributed by atoms with van der Waals surface area (Å²) in [7, 11) is 0. The molecule has 0 bridgehead atoms. The van der Waals surface area contributed by atoms with Gasteiger partial charge in [-0.15, -0.1) is 12.4 Å². The highest BCUT2D eigenvalue weighted by molar-refractivity contribution is 5.94. The summed E-state index contributed by atoms with van der Waals surface area (Å²) in [5, 5.41) is 11.6. The quantitative estimate of drug-likeness (QED) is 0.865. The maximum atomic E-state index is 12.8. The molecule has 2 rings (SSSR count). The zero-order chi connectivity index (χ0) is 15.2. The number of aliphatic carboxylic acids is 1. The first-order valence-electron chi connectivity index (χ1n) is 7.05. The minimum absolute atomic E-state index is 0. The molecule has 0 saturated carbocycles. The largest absolute Gasteiger partial charge is 0.481 e. The van der Waals surface area contributed by atoms with Crippen molar-refractivity contribution in [1.82, 2.24) is 10.2 Å². The molecule has 5 nitrogen and oxygen atoms in total. The van der Waals surface area contributed by atoms with Crippen molar-refractivity contribution in [2.45, 2.75) is 25.3 Å². The van der Waals surface area contributed by atoms with E-state index in [1.54, 1.807) is 0 Å². The van der Waals surface area contributed by atoms with Gasteiger partial charge in [-0.2, -0.15) is 0 Å². The lowest BCUT2D eigenvalue weighted by Gasteiger charge is -2.32. The Morgan fingerprint density at radius 1 is 1.23 bits per heavy atom. The molecule has 122 valence electrons. The Hall–Kier alpha value is -1.66. The number of hydrogen-bond acceptors (Lipinski definition) is 3. The highest BCUT2D eigenvalue weighted by atomic mass is 35.5. The van der Waals surface area contributed by atoms with Crippen molar-refractivity contribution in [3.63, 3.8) is 0 Å². The Bertz CT molecular complexity index is 502. The van der Waals surface area contributed by atoms with Crippen LogP contribution in [-0.2, 0) is 4.79 Å². The van der Waals surface area contributed by atoms with Gasteiger partial charge in [0, 0.05) is 31.2 Å². The predicted octanol–water partition coefficient (Wildman–Crippen LogP) is 1.92. The van der Waals surface area contributed by atoms with Gasteiger partial charge in [-0.3, -0.25) is 9.59 Å². The van der Waals surface area contributed by atoms with E-state index in [-0.39, 0.29) is 36.6 Å². The maximum Gasteiger partial charge on any atom is 0.304 e. The predicted molar refractivity (Wildman–Crippen MR) is 82.8 cm³/mol. The molecule has 7 heteroatoms. The minimum atomic E-state index is -0.790. The van der Waals surface area contributed by atoms with Crippen molar-refractivity contribution in [3.8, 4) is 0 Å². The zero-order valence-electron chi connectivity index (χ0n) is 12.1. The Kier molecular flexibility index (Phi) is 7.27. The van der Waals surface area contributed by atoms with E-state index in [4.69, 9.17) is 5.11 Å². The third-order valence-electron chi connectivity index (χ3n) is 3.67. The molecule has 2 N–H and O–H groups in total. The summed E-state index contributed by atoms with van der Waals surface area (Å²) in [6.45, 7) is 2.11. The van der Waals surface area contributed by atoms with E-state index >= 15 is 0 Å². The Morgan fingerprint density at radius 2 is 1.82 bits per heavy atom. The fourth-order valence-electron chi connectivity index (χ4n) is 2.42. The minimum Gasteiger partial charge on any atom is -0.481 e. The zero-order valence-corrected chi connectivity index (χ0v) is 12.9. The number of hydrogen-bond donors (Lipinski definition) is 2. The standard InChI is InChI=1S/C15H19FN2O3.ClH/c16-12-3-1-11(2-4-12)15(21)17-13-5-8-18(9-6-13)10-7-14(19)20;/h1-4,13H,5-10H2,(H,17,21)(H,19,20);1H. The number of nitrogens with one attached hydrogen (secondary N) is 1. The summed E-state index contributed by atoms with van der Waals surface area (Å²) < 4.78 is 12.8. The molecule has 0 aliphatic carbocycles. The summed E-state index contributed by atoms with van der Waals surface area (Å²) in [4.78, 5) is 24.6. The van der Waals surface area contributed by atoms with Gasteiger partial charge in [-0.05, 0) is 37.1 Å². The number of halogens is 2. The number of carbonyl (C=O) groups is 2. The number of piperidine rings is 1. The van der Waals surface area contributed by atoms with E-state index in [1.165, 1.54) is 24.3 Å². The number of rotatable bonds is 5. The van der Waals surface area contributed by atoms with Gasteiger partial charge < -0.3 is 15.3 Å². The summed E-state index contributed by atoms with van der Waals surface area (Å²) in [5.74, 6) is -1.35. The number of carboxylic acids is 1. The molecule has 1 heterocycles. The molecule has 0 spiro atoms. The second-order valence-electron chi connectivity index (χ2n) is 5.24. The number of amides is 1. The van der Waals surface area contributed by atoms with Gasteiger partial charge in [0.2, 0.25) is 0 Å². The van der Waals surface area contributed by atoms with E-state index in [1.807, 2.05) is 0 Å². The van der Waals surface area contributed by atoms with Crippen molar-refractivity contribution in [2.75, 3.05) is 19.6 Å². The van der Waals surface area contributed by atoms with Crippen LogP contribution in [0.2, 0.25) is 0 Å². The Morgan fingerprint density at radius 3 is 2.36 bits per heavy atom. The molecule has 1 aromatic carbocycles. The van der Waals surface area contributed by atoms with E-state index < -0.39 is 5.97 Å². The lowest BCUT2D eigenvalue weighted by Crippen LogP contribution is -2.45. The second kappa shape index (κ2) is 8.70. The molecule has 1 fully saturated rings. The van der Waals surface area contributed by atoms with Crippen LogP contribution in [0.15, 0.2) is 24.3 Å². The average Bonchev–Trinajstić information content (AvgIpc) is 2.47. The fourth-order valence-corrected chi connectivity index (χ4v) is 2.42.